The lowest BCUT2D eigenvalue weighted by Crippen LogP contribution is -2.59. The third kappa shape index (κ3) is 7.30. The number of rotatable bonds is 9. The fourth-order valence-electron chi connectivity index (χ4n) is 6.54. The number of hydrogen-bond donors (Lipinski definition) is 3. The number of nitrogens with zero attached hydrogens (tertiary/aromatic N) is 2. The summed E-state index contributed by atoms with van der Waals surface area (Å²) >= 11 is 18.0. The largest absolute Gasteiger partial charge is 0.326 e. The van der Waals surface area contributed by atoms with Crippen molar-refractivity contribution in [1.82, 2.24) is 25.2 Å². The Labute approximate surface area is 286 Å². The Kier molecular flexibility index (Phi) is 9.83. The molecule has 246 valence electrons. The van der Waals surface area contributed by atoms with Gasteiger partial charge in [0.25, 0.3) is 16.7 Å². The van der Waals surface area contributed by atoms with Crippen LogP contribution in [0.5, 0.6) is 0 Å². The van der Waals surface area contributed by atoms with Gasteiger partial charge in [-0.15, -0.1) is 0 Å². The molecule has 2 amide bonds. The van der Waals surface area contributed by atoms with Crippen LogP contribution in [0.4, 0.5) is 0 Å². The Morgan fingerprint density at radius 1 is 1.09 bits per heavy atom. The summed E-state index contributed by atoms with van der Waals surface area (Å²) in [5, 5.41) is 4.57. The second-order valence-corrected chi connectivity index (χ2v) is 14.6. The summed E-state index contributed by atoms with van der Waals surface area (Å²) in [6.07, 6.45) is 3.72. The molecule has 3 N–H and O–H groups in total. The van der Waals surface area contributed by atoms with Gasteiger partial charge >= 0.3 is 0 Å². The van der Waals surface area contributed by atoms with Crippen LogP contribution in [0.3, 0.4) is 0 Å². The van der Waals surface area contributed by atoms with Crippen LogP contribution in [0.25, 0.3) is 11.4 Å². The van der Waals surface area contributed by atoms with E-state index in [1.165, 1.54) is 0 Å². The average Bonchev–Trinajstić information content (AvgIpc) is 3.47. The van der Waals surface area contributed by atoms with Crippen molar-refractivity contribution in [3.8, 4) is 11.4 Å². The first-order valence-electron chi connectivity index (χ1n) is 14.9. The van der Waals surface area contributed by atoms with Gasteiger partial charge in [0.1, 0.15) is 0 Å². The Balaban J connectivity index is 1.36. The Morgan fingerprint density at radius 3 is 2.62 bits per heavy atom. The van der Waals surface area contributed by atoms with Crippen LogP contribution in [0.1, 0.15) is 64.7 Å². The monoisotopic (exact) mass is 715 g/mol. The first-order valence-corrected chi connectivity index (χ1v) is 18.0. The first kappa shape index (κ1) is 33.3. The van der Waals surface area contributed by atoms with Gasteiger partial charge in [0.2, 0.25) is 10.0 Å². The van der Waals surface area contributed by atoms with Gasteiger partial charge in [0.05, 0.1) is 24.8 Å². The van der Waals surface area contributed by atoms with Gasteiger partial charge < -0.3 is 9.42 Å². The van der Waals surface area contributed by atoms with Gasteiger partial charge in [-0.1, -0.05) is 83.7 Å². The number of carbonyl (C=O) groups excluding carboxylic acids is 2. The van der Waals surface area contributed by atoms with E-state index in [4.69, 9.17) is 44.8 Å². The molecule has 4 atom stereocenters. The van der Waals surface area contributed by atoms with Gasteiger partial charge in [-0.2, -0.15) is 0 Å². The van der Waals surface area contributed by atoms with E-state index in [-0.39, 0.29) is 22.4 Å². The lowest BCUT2D eigenvalue weighted by atomic mass is 9.76. The van der Waals surface area contributed by atoms with Crippen LogP contribution < -0.4 is 10.2 Å². The molecule has 11 nitrogen and oxygen atoms in total. The van der Waals surface area contributed by atoms with E-state index >= 15 is 0 Å². The number of aromatic amines is 1. The van der Waals surface area contributed by atoms with Crippen LogP contribution in [0.2, 0.25) is 10.0 Å². The second-order valence-electron chi connectivity index (χ2n) is 11.6. The van der Waals surface area contributed by atoms with Crippen molar-refractivity contribution in [1.29, 1.82) is 0 Å². The maximum atomic E-state index is 14.4. The molecule has 15 heteroatoms. The van der Waals surface area contributed by atoms with Crippen LogP contribution in [0, 0.1) is 4.84 Å². The topological polar surface area (TPSA) is 147 Å². The molecule has 2 aliphatic rings. The fourth-order valence-corrected chi connectivity index (χ4v) is 8.02. The number of amides is 2. The summed E-state index contributed by atoms with van der Waals surface area (Å²) in [4.78, 5) is 39.1. The molecule has 6 rings (SSSR count). The van der Waals surface area contributed by atoms with Crippen molar-refractivity contribution < 1.29 is 27.4 Å². The van der Waals surface area contributed by atoms with E-state index in [0.29, 0.717) is 40.4 Å². The van der Waals surface area contributed by atoms with Gasteiger partial charge in [-0.25, -0.2) is 18.6 Å². The highest BCUT2D eigenvalue weighted by Crippen LogP contribution is 2.48. The summed E-state index contributed by atoms with van der Waals surface area (Å²) in [5.41, 5.74) is 5.40. The third-order valence-corrected chi connectivity index (χ3v) is 9.91. The van der Waals surface area contributed by atoms with Gasteiger partial charge in [-0.05, 0) is 66.0 Å². The first-order chi connectivity index (χ1) is 22.5. The molecule has 47 heavy (non-hydrogen) atoms. The standard InChI is InChI=1S/C32H31Cl2N5O6S2/c1-47(42,43)38-25-11-4-5-12-26(25)39-28(23-14-13-20(33)16-24(23)34)27(21-9-2-3-10-22(21)31(39)41)30(40)37-44-17-18-7-6-8-19(15-18)29-35-32(46)45-36-29/h2-3,6-10,13-16,25-28,38H,4-5,11-12,17H2,1H3,(H,37,40)(H,35,36,46)/t25-,26-,27+,28-/m0/s1. The predicted molar refractivity (Wildman–Crippen MR) is 179 cm³/mol. The predicted octanol–water partition coefficient (Wildman–Crippen LogP) is 6.10. The molecule has 1 saturated carbocycles. The van der Waals surface area contributed by atoms with E-state index < -0.39 is 40.0 Å². The summed E-state index contributed by atoms with van der Waals surface area (Å²) in [6.45, 7) is 0.0184. The molecule has 0 saturated heterocycles. The highest BCUT2D eigenvalue weighted by Gasteiger charge is 2.49. The molecule has 1 aliphatic heterocycles. The van der Waals surface area contributed by atoms with Crippen molar-refractivity contribution >= 4 is 57.3 Å². The van der Waals surface area contributed by atoms with Gasteiger partial charge in [0.15, 0.2) is 5.82 Å². The highest BCUT2D eigenvalue weighted by molar-refractivity contribution is 7.88. The maximum absolute atomic E-state index is 14.4. The SMILES string of the molecule is CS(=O)(=O)N[C@H]1CCCC[C@@H]1N1C(=O)c2ccccc2[C@@H](C(=O)NOCc2cccc(-c3noc(=S)[nH]3)c2)[C@@H]1c1ccc(Cl)cc1Cl. The minimum Gasteiger partial charge on any atom is -0.326 e. The summed E-state index contributed by atoms with van der Waals surface area (Å²) in [7, 11) is -3.60. The molecular formula is C32H31Cl2N5O6S2. The van der Waals surface area contributed by atoms with E-state index in [1.807, 2.05) is 24.3 Å². The molecular weight excluding hydrogens is 685 g/mol. The molecule has 1 aliphatic carbocycles. The van der Waals surface area contributed by atoms with Crippen molar-refractivity contribution in [3.63, 3.8) is 0 Å². The van der Waals surface area contributed by atoms with E-state index in [9.17, 15) is 18.0 Å². The number of carbonyl (C=O) groups is 2. The molecule has 0 bridgehead atoms. The summed E-state index contributed by atoms with van der Waals surface area (Å²) in [5.74, 6) is -1.34. The molecule has 2 heterocycles. The van der Waals surface area contributed by atoms with Gasteiger partial charge in [-0.3, -0.25) is 19.4 Å². The summed E-state index contributed by atoms with van der Waals surface area (Å²) < 4.78 is 32.5. The number of fused-ring (bicyclic) bond motifs is 1. The number of hydroxylamine groups is 1. The van der Waals surface area contributed by atoms with Crippen molar-refractivity contribution in [2.24, 2.45) is 0 Å². The van der Waals surface area contributed by atoms with Crippen LogP contribution in [-0.2, 0) is 26.3 Å². The Morgan fingerprint density at radius 2 is 1.87 bits per heavy atom. The number of aromatic nitrogens is 2. The molecule has 0 spiro atoms. The highest BCUT2D eigenvalue weighted by atomic mass is 35.5. The molecule has 3 aromatic carbocycles. The zero-order chi connectivity index (χ0) is 33.3. The average molecular weight is 717 g/mol. The third-order valence-electron chi connectivity index (χ3n) is 8.44. The molecule has 4 aromatic rings. The van der Waals surface area contributed by atoms with Crippen molar-refractivity contribution in [2.75, 3.05) is 6.26 Å². The number of hydrogen-bond acceptors (Lipinski definition) is 8. The van der Waals surface area contributed by atoms with Crippen molar-refractivity contribution in [3.05, 3.63) is 104 Å². The van der Waals surface area contributed by atoms with Crippen molar-refractivity contribution in [2.45, 2.75) is 56.3 Å². The van der Waals surface area contributed by atoms with Gasteiger partial charge in [0, 0.05) is 33.3 Å². The Bertz CT molecular complexity index is 1980. The zero-order valence-corrected chi connectivity index (χ0v) is 28.3. The minimum absolute atomic E-state index is 0.0184. The number of sulfonamides is 1. The van der Waals surface area contributed by atoms with Crippen LogP contribution >= 0.6 is 35.4 Å². The number of H-pyrrole nitrogens is 1. The zero-order valence-electron chi connectivity index (χ0n) is 25.1. The molecule has 1 fully saturated rings. The lowest BCUT2D eigenvalue weighted by molar-refractivity contribution is -0.138. The lowest BCUT2D eigenvalue weighted by Gasteiger charge is -2.49. The summed E-state index contributed by atoms with van der Waals surface area (Å²) in [6, 6.07) is 17.1. The molecule has 1 aromatic heterocycles. The smallest absolute Gasteiger partial charge is 0.295 e. The van der Waals surface area contributed by atoms with Crippen LogP contribution in [-0.4, -0.2) is 53.6 Å². The number of nitrogens with one attached hydrogen (secondary N) is 3. The van der Waals surface area contributed by atoms with E-state index in [0.717, 1.165) is 30.2 Å². The molecule has 0 unspecified atom stereocenters. The normalized spacial score (nSPS) is 21.3. The van der Waals surface area contributed by atoms with Crippen LogP contribution in [0.15, 0.2) is 71.3 Å². The number of benzene rings is 3. The second kappa shape index (κ2) is 13.9. The Hall–Kier alpha value is -3.59. The molecule has 0 radical (unpaired) electrons. The minimum atomic E-state index is -3.60. The van der Waals surface area contributed by atoms with E-state index in [1.54, 1.807) is 47.4 Å². The van der Waals surface area contributed by atoms with E-state index in [2.05, 4.69) is 20.3 Å². The maximum Gasteiger partial charge on any atom is 0.295 e. The fraction of sp³-hybridized carbons (Fsp3) is 0.312. The quantitative estimate of drug-likeness (QED) is 0.139. The number of halogens is 2.